The Morgan fingerprint density at radius 3 is 2.55 bits per heavy atom. The number of thioether (sulfide) groups is 1. The van der Waals surface area contributed by atoms with Crippen LogP contribution in [0.25, 0.3) is 16.6 Å². The summed E-state index contributed by atoms with van der Waals surface area (Å²) in [5, 5.41) is 0.612. The van der Waals surface area contributed by atoms with E-state index in [1.54, 1.807) is 24.3 Å². The van der Waals surface area contributed by atoms with Crippen molar-refractivity contribution in [1.82, 2.24) is 9.55 Å². The normalized spacial score (nSPS) is 17.1. The average molecular weight is 416 g/mol. The van der Waals surface area contributed by atoms with E-state index in [0.29, 0.717) is 28.2 Å². The van der Waals surface area contributed by atoms with E-state index in [0.717, 1.165) is 19.3 Å². The van der Waals surface area contributed by atoms with Crippen LogP contribution in [-0.2, 0) is 4.79 Å². The number of fused-ring (bicyclic) bond motifs is 1. The van der Waals surface area contributed by atoms with Gasteiger partial charge in [-0.2, -0.15) is 8.78 Å². The van der Waals surface area contributed by atoms with E-state index >= 15 is 0 Å². The average Bonchev–Trinajstić information content (AvgIpc) is 2.71. The summed E-state index contributed by atoms with van der Waals surface area (Å²) in [5.41, 5.74) is 0.752. The van der Waals surface area contributed by atoms with Crippen LogP contribution in [0.15, 0.2) is 58.5 Å². The number of aromatic nitrogens is 2. The minimum Gasteiger partial charge on any atom is -0.435 e. The lowest BCUT2D eigenvalue weighted by Gasteiger charge is -2.21. The monoisotopic (exact) mass is 416 g/mol. The summed E-state index contributed by atoms with van der Waals surface area (Å²) >= 11 is 1.29. The molecule has 0 unspecified atom stereocenters. The van der Waals surface area contributed by atoms with Crippen molar-refractivity contribution in [3.05, 3.63) is 58.9 Å². The molecule has 29 heavy (non-hydrogen) atoms. The van der Waals surface area contributed by atoms with Gasteiger partial charge in [0.15, 0.2) is 5.16 Å². The predicted octanol–water partition coefficient (Wildman–Crippen LogP) is 4.59. The van der Waals surface area contributed by atoms with Crippen molar-refractivity contribution in [2.24, 2.45) is 0 Å². The second kappa shape index (κ2) is 8.32. The van der Waals surface area contributed by atoms with Gasteiger partial charge < -0.3 is 4.74 Å². The Morgan fingerprint density at radius 1 is 1.07 bits per heavy atom. The first-order chi connectivity index (χ1) is 14.0. The number of Topliss-reactive ketones (excluding diaryl/α,β-unsaturated/α-hetero) is 1. The molecule has 0 spiro atoms. The number of nitrogens with zero attached hydrogens (tertiary/aromatic N) is 2. The highest BCUT2D eigenvalue weighted by atomic mass is 32.2. The number of hydrogen-bond donors (Lipinski definition) is 0. The van der Waals surface area contributed by atoms with E-state index in [1.165, 1.54) is 40.6 Å². The fourth-order valence-electron chi connectivity index (χ4n) is 3.40. The van der Waals surface area contributed by atoms with Gasteiger partial charge in [-0.15, -0.1) is 0 Å². The van der Waals surface area contributed by atoms with Crippen molar-refractivity contribution < 1.29 is 18.3 Å². The third-order valence-corrected chi connectivity index (χ3v) is 6.08. The van der Waals surface area contributed by atoms with Crippen molar-refractivity contribution >= 4 is 28.4 Å². The molecule has 0 amide bonds. The fourth-order valence-corrected chi connectivity index (χ4v) is 4.63. The summed E-state index contributed by atoms with van der Waals surface area (Å²) in [5.74, 6) is 0.165. The summed E-state index contributed by atoms with van der Waals surface area (Å²) < 4.78 is 30.7. The van der Waals surface area contributed by atoms with Gasteiger partial charge in [-0.05, 0) is 49.2 Å². The van der Waals surface area contributed by atoms with Gasteiger partial charge in [-0.25, -0.2) is 4.98 Å². The third-order valence-electron chi connectivity index (χ3n) is 4.81. The molecule has 1 saturated carbocycles. The molecule has 1 aliphatic carbocycles. The maximum atomic E-state index is 13.2. The molecule has 5 nitrogen and oxygen atoms in total. The Balaban J connectivity index is 1.81. The zero-order valence-corrected chi connectivity index (χ0v) is 16.2. The highest BCUT2D eigenvalue weighted by molar-refractivity contribution is 8.00. The SMILES string of the molecule is O=C1CCCC[C@H]1Sc1nc2ccccc2c(=O)n1-c1ccc(OC(F)F)cc1. The lowest BCUT2D eigenvalue weighted by Crippen LogP contribution is -2.26. The number of alkyl halides is 2. The van der Waals surface area contributed by atoms with Crippen LogP contribution in [0, 0.1) is 0 Å². The van der Waals surface area contributed by atoms with E-state index < -0.39 is 6.61 Å². The lowest BCUT2D eigenvalue weighted by atomic mass is 9.99. The molecule has 0 aliphatic heterocycles. The summed E-state index contributed by atoms with van der Waals surface area (Å²) in [6.45, 7) is -2.92. The highest BCUT2D eigenvalue weighted by Gasteiger charge is 2.26. The van der Waals surface area contributed by atoms with Gasteiger partial charge in [0.1, 0.15) is 11.5 Å². The molecule has 1 atom stereocenters. The molecule has 1 aliphatic rings. The maximum Gasteiger partial charge on any atom is 0.387 e. The van der Waals surface area contributed by atoms with Crippen molar-refractivity contribution in [3.63, 3.8) is 0 Å². The van der Waals surface area contributed by atoms with Crippen LogP contribution in [0.3, 0.4) is 0 Å². The first-order valence-corrected chi connectivity index (χ1v) is 10.2. The predicted molar refractivity (Wildman–Crippen MR) is 107 cm³/mol. The number of rotatable bonds is 5. The number of benzene rings is 2. The van der Waals surface area contributed by atoms with Crippen molar-refractivity contribution in [1.29, 1.82) is 0 Å². The molecule has 2 aromatic carbocycles. The van der Waals surface area contributed by atoms with Gasteiger partial charge in [-0.1, -0.05) is 30.3 Å². The van der Waals surface area contributed by atoms with E-state index in [1.807, 2.05) is 0 Å². The number of ketones is 1. The number of para-hydroxylation sites is 1. The molecular formula is C21H18F2N2O3S. The van der Waals surface area contributed by atoms with Crippen LogP contribution in [0.1, 0.15) is 25.7 Å². The molecule has 4 rings (SSSR count). The number of carbonyl (C=O) groups excluding carboxylic acids is 1. The standard InChI is InChI=1S/C21H18F2N2O3S/c22-20(23)28-14-11-9-13(10-12-14)25-19(27)15-5-1-2-6-16(15)24-21(25)29-18-8-4-3-7-17(18)26/h1-2,5-6,9-12,18,20H,3-4,7-8H2/t18-/m1/s1. The second-order valence-corrected chi connectivity index (χ2v) is 7.91. The van der Waals surface area contributed by atoms with Crippen LogP contribution in [0.2, 0.25) is 0 Å². The van der Waals surface area contributed by atoms with E-state index in [2.05, 4.69) is 9.72 Å². The van der Waals surface area contributed by atoms with E-state index in [9.17, 15) is 18.4 Å². The minimum absolute atomic E-state index is 0.00205. The molecule has 1 aromatic heterocycles. The number of carbonyl (C=O) groups is 1. The van der Waals surface area contributed by atoms with Gasteiger partial charge in [0, 0.05) is 6.42 Å². The molecule has 8 heteroatoms. The third kappa shape index (κ3) is 4.17. The first-order valence-electron chi connectivity index (χ1n) is 9.29. The van der Waals surface area contributed by atoms with Crippen LogP contribution < -0.4 is 10.3 Å². The molecule has 150 valence electrons. The van der Waals surface area contributed by atoms with Gasteiger partial charge in [0.25, 0.3) is 5.56 Å². The van der Waals surface area contributed by atoms with Crippen molar-refractivity contribution in [2.45, 2.75) is 42.7 Å². The zero-order valence-electron chi connectivity index (χ0n) is 15.4. The Hall–Kier alpha value is -2.74. The fraction of sp³-hybridized carbons (Fsp3) is 0.286. The summed E-state index contributed by atoms with van der Waals surface area (Å²) in [7, 11) is 0. The molecule has 0 saturated heterocycles. The molecule has 1 fully saturated rings. The molecule has 0 radical (unpaired) electrons. The van der Waals surface area contributed by atoms with Crippen LogP contribution in [0.5, 0.6) is 5.75 Å². The van der Waals surface area contributed by atoms with Crippen LogP contribution in [0.4, 0.5) is 8.78 Å². The molecule has 3 aromatic rings. The largest absolute Gasteiger partial charge is 0.435 e. The second-order valence-electron chi connectivity index (χ2n) is 6.74. The number of ether oxygens (including phenoxy) is 1. The summed E-state index contributed by atoms with van der Waals surface area (Å²) in [6.07, 6.45) is 3.13. The highest BCUT2D eigenvalue weighted by Crippen LogP contribution is 2.32. The molecular weight excluding hydrogens is 398 g/mol. The lowest BCUT2D eigenvalue weighted by molar-refractivity contribution is -0.119. The Labute approximate surface area is 169 Å². The van der Waals surface area contributed by atoms with Gasteiger partial charge in [-0.3, -0.25) is 14.2 Å². The van der Waals surface area contributed by atoms with Crippen LogP contribution in [-0.4, -0.2) is 27.2 Å². The van der Waals surface area contributed by atoms with E-state index in [4.69, 9.17) is 0 Å². The van der Waals surface area contributed by atoms with Crippen LogP contribution >= 0.6 is 11.8 Å². The Morgan fingerprint density at radius 2 is 1.83 bits per heavy atom. The Bertz CT molecular complexity index is 1100. The summed E-state index contributed by atoms with van der Waals surface area (Å²) in [6, 6.07) is 12.8. The first kappa shape index (κ1) is 19.6. The molecule has 0 N–H and O–H groups in total. The van der Waals surface area contributed by atoms with Gasteiger partial charge in [0.2, 0.25) is 0 Å². The summed E-state index contributed by atoms with van der Waals surface area (Å²) in [4.78, 5) is 30.2. The van der Waals surface area contributed by atoms with Gasteiger partial charge >= 0.3 is 6.61 Å². The number of hydrogen-bond acceptors (Lipinski definition) is 5. The topological polar surface area (TPSA) is 61.2 Å². The molecule has 1 heterocycles. The van der Waals surface area contributed by atoms with Crippen molar-refractivity contribution in [2.75, 3.05) is 0 Å². The quantitative estimate of drug-likeness (QED) is 0.570. The maximum absolute atomic E-state index is 13.2. The minimum atomic E-state index is -2.92. The number of halogens is 2. The smallest absolute Gasteiger partial charge is 0.387 e. The zero-order chi connectivity index (χ0) is 20.4. The molecule has 0 bridgehead atoms. The van der Waals surface area contributed by atoms with E-state index in [-0.39, 0.29) is 22.3 Å². The van der Waals surface area contributed by atoms with Gasteiger partial charge in [0.05, 0.1) is 21.8 Å². The Kier molecular flexibility index (Phi) is 5.62. The van der Waals surface area contributed by atoms with Crippen molar-refractivity contribution in [3.8, 4) is 11.4 Å².